The van der Waals surface area contributed by atoms with Gasteiger partial charge in [-0.1, -0.05) is 23.2 Å². The van der Waals surface area contributed by atoms with E-state index in [2.05, 4.69) is 0 Å². The van der Waals surface area contributed by atoms with Gasteiger partial charge in [0.2, 0.25) is 5.91 Å². The molecule has 1 heterocycles. The van der Waals surface area contributed by atoms with Crippen molar-refractivity contribution in [3.63, 3.8) is 0 Å². The van der Waals surface area contributed by atoms with Crippen LogP contribution in [0.15, 0.2) is 18.2 Å². The number of hydrogen-bond acceptors (Lipinski definition) is 2. The molecule has 0 spiro atoms. The first-order valence-corrected chi connectivity index (χ1v) is 5.65. The largest absolute Gasteiger partial charge is 0.274 e. The van der Waals surface area contributed by atoms with Crippen LogP contribution < -0.4 is 4.90 Å². The second kappa shape index (κ2) is 4.24. The number of alkyl halides is 1. The monoisotopic (exact) mass is 277 g/mol. The Bertz CT molecular complexity index is 455. The SMILES string of the molecule is O=C1CC(Cl)C(=O)N1c1cc(Cl)cc(Cl)c1. The molecule has 1 fully saturated rings. The normalized spacial score (nSPS) is 20.7. The second-order valence-corrected chi connectivity index (χ2v) is 4.77. The standard InChI is InChI=1S/C10H6Cl3NO2/c11-5-1-6(12)3-7(2-5)14-9(15)4-8(13)10(14)16/h1-3,8H,4H2. The molecule has 6 heteroatoms. The van der Waals surface area contributed by atoms with Gasteiger partial charge in [-0.2, -0.15) is 0 Å². The quantitative estimate of drug-likeness (QED) is 0.585. The molecule has 0 saturated carbocycles. The van der Waals surface area contributed by atoms with Gasteiger partial charge in [0.1, 0.15) is 5.38 Å². The van der Waals surface area contributed by atoms with Gasteiger partial charge in [-0.15, -0.1) is 11.6 Å². The zero-order valence-corrected chi connectivity index (χ0v) is 10.2. The minimum absolute atomic E-state index is 0.00449. The van der Waals surface area contributed by atoms with E-state index in [1.807, 2.05) is 0 Å². The van der Waals surface area contributed by atoms with Crippen molar-refractivity contribution in [1.29, 1.82) is 0 Å². The summed E-state index contributed by atoms with van der Waals surface area (Å²) in [7, 11) is 0. The summed E-state index contributed by atoms with van der Waals surface area (Å²) in [5.41, 5.74) is 0.357. The summed E-state index contributed by atoms with van der Waals surface area (Å²) in [6.45, 7) is 0. The van der Waals surface area contributed by atoms with Crippen LogP contribution in [0, 0.1) is 0 Å². The first-order chi connectivity index (χ1) is 7.49. The number of carbonyl (C=O) groups excluding carboxylic acids is 2. The van der Waals surface area contributed by atoms with Crippen LogP contribution in [-0.2, 0) is 9.59 Å². The summed E-state index contributed by atoms with van der Waals surface area (Å²) in [6, 6.07) is 4.52. The van der Waals surface area contributed by atoms with Crippen LogP contribution in [0.4, 0.5) is 5.69 Å². The molecular formula is C10H6Cl3NO2. The van der Waals surface area contributed by atoms with Crippen LogP contribution in [0.3, 0.4) is 0 Å². The molecule has 1 unspecified atom stereocenters. The average Bonchev–Trinajstić information content (AvgIpc) is 2.39. The topological polar surface area (TPSA) is 37.4 Å². The third-order valence-corrected chi connectivity index (χ3v) is 2.97. The Labute approximate surface area is 107 Å². The van der Waals surface area contributed by atoms with E-state index in [0.29, 0.717) is 15.7 Å². The van der Waals surface area contributed by atoms with Gasteiger partial charge in [-0.05, 0) is 18.2 Å². The summed E-state index contributed by atoms with van der Waals surface area (Å²) in [5, 5.41) is -0.0764. The molecule has 84 valence electrons. The molecule has 0 aromatic heterocycles. The van der Waals surface area contributed by atoms with Crippen molar-refractivity contribution in [3.8, 4) is 0 Å². The molecule has 2 rings (SSSR count). The Hall–Kier alpha value is -0.770. The van der Waals surface area contributed by atoms with Crippen LogP contribution in [0.5, 0.6) is 0 Å². The molecule has 1 saturated heterocycles. The zero-order valence-electron chi connectivity index (χ0n) is 7.91. The molecule has 2 amide bonds. The van der Waals surface area contributed by atoms with E-state index < -0.39 is 11.3 Å². The molecule has 1 aliphatic heterocycles. The number of hydrogen-bond donors (Lipinski definition) is 0. The van der Waals surface area contributed by atoms with Crippen LogP contribution in [-0.4, -0.2) is 17.2 Å². The van der Waals surface area contributed by atoms with Gasteiger partial charge in [0.05, 0.1) is 12.1 Å². The molecule has 1 aliphatic rings. The van der Waals surface area contributed by atoms with Crippen molar-refractivity contribution in [2.24, 2.45) is 0 Å². The predicted molar refractivity (Wildman–Crippen MR) is 63.2 cm³/mol. The molecule has 0 N–H and O–H groups in total. The van der Waals surface area contributed by atoms with Crippen molar-refractivity contribution in [2.75, 3.05) is 4.90 Å². The second-order valence-electron chi connectivity index (χ2n) is 3.37. The number of anilines is 1. The number of amides is 2. The van der Waals surface area contributed by atoms with E-state index in [4.69, 9.17) is 34.8 Å². The van der Waals surface area contributed by atoms with Crippen molar-refractivity contribution in [2.45, 2.75) is 11.8 Å². The lowest BCUT2D eigenvalue weighted by Crippen LogP contribution is -2.30. The van der Waals surface area contributed by atoms with Crippen molar-refractivity contribution in [3.05, 3.63) is 28.2 Å². The highest BCUT2D eigenvalue weighted by atomic mass is 35.5. The first kappa shape index (κ1) is 11.7. The van der Waals surface area contributed by atoms with Crippen LogP contribution in [0.2, 0.25) is 10.0 Å². The van der Waals surface area contributed by atoms with E-state index in [1.54, 1.807) is 0 Å². The lowest BCUT2D eigenvalue weighted by molar-refractivity contribution is -0.121. The maximum atomic E-state index is 11.6. The Morgan fingerprint density at radius 1 is 1.12 bits per heavy atom. The number of benzene rings is 1. The van der Waals surface area contributed by atoms with E-state index in [1.165, 1.54) is 18.2 Å². The number of carbonyl (C=O) groups is 2. The van der Waals surface area contributed by atoms with Gasteiger partial charge < -0.3 is 0 Å². The average molecular weight is 279 g/mol. The molecule has 0 aliphatic carbocycles. The number of rotatable bonds is 1. The van der Waals surface area contributed by atoms with E-state index >= 15 is 0 Å². The maximum absolute atomic E-state index is 11.6. The number of imide groups is 1. The Kier molecular flexibility index (Phi) is 3.10. The highest BCUT2D eigenvalue weighted by molar-refractivity contribution is 6.41. The van der Waals surface area contributed by atoms with Gasteiger partial charge in [-0.3, -0.25) is 9.59 Å². The smallest absolute Gasteiger partial charge is 0.252 e. The molecule has 3 nitrogen and oxygen atoms in total. The van der Waals surface area contributed by atoms with Crippen LogP contribution in [0.1, 0.15) is 6.42 Å². The van der Waals surface area contributed by atoms with Gasteiger partial charge in [-0.25, -0.2) is 4.90 Å². The van der Waals surface area contributed by atoms with Gasteiger partial charge in [0.25, 0.3) is 5.91 Å². The molecule has 0 radical (unpaired) electrons. The molecule has 1 aromatic carbocycles. The summed E-state index contributed by atoms with van der Waals surface area (Å²) in [4.78, 5) is 24.2. The third kappa shape index (κ3) is 2.03. The minimum atomic E-state index is -0.801. The molecule has 0 bridgehead atoms. The van der Waals surface area contributed by atoms with E-state index in [9.17, 15) is 9.59 Å². The Morgan fingerprint density at radius 3 is 2.12 bits per heavy atom. The minimum Gasteiger partial charge on any atom is -0.274 e. The van der Waals surface area contributed by atoms with Crippen LogP contribution in [0.25, 0.3) is 0 Å². The first-order valence-electron chi connectivity index (χ1n) is 4.46. The molecule has 1 aromatic rings. The molecule has 1 atom stereocenters. The third-order valence-electron chi connectivity index (χ3n) is 2.20. The highest BCUT2D eigenvalue weighted by Gasteiger charge is 2.38. The number of nitrogens with zero attached hydrogens (tertiary/aromatic N) is 1. The maximum Gasteiger partial charge on any atom is 0.252 e. The fraction of sp³-hybridized carbons (Fsp3) is 0.200. The lowest BCUT2D eigenvalue weighted by Gasteiger charge is -2.14. The van der Waals surface area contributed by atoms with Crippen molar-refractivity contribution in [1.82, 2.24) is 0 Å². The van der Waals surface area contributed by atoms with Crippen molar-refractivity contribution >= 4 is 52.3 Å². The summed E-state index contributed by atoms with van der Waals surface area (Å²) >= 11 is 17.3. The van der Waals surface area contributed by atoms with Crippen molar-refractivity contribution < 1.29 is 9.59 Å². The van der Waals surface area contributed by atoms with Crippen LogP contribution >= 0.6 is 34.8 Å². The molecule has 16 heavy (non-hydrogen) atoms. The molecular weight excluding hydrogens is 272 g/mol. The lowest BCUT2D eigenvalue weighted by atomic mass is 10.3. The highest BCUT2D eigenvalue weighted by Crippen LogP contribution is 2.30. The summed E-state index contributed by atoms with van der Waals surface area (Å²) in [5.74, 6) is -0.784. The predicted octanol–water partition coefficient (Wildman–Crippen LogP) is 2.86. The van der Waals surface area contributed by atoms with E-state index in [0.717, 1.165) is 4.90 Å². The summed E-state index contributed by atoms with van der Waals surface area (Å²) in [6.07, 6.45) is 0.00449. The summed E-state index contributed by atoms with van der Waals surface area (Å²) < 4.78 is 0. The van der Waals surface area contributed by atoms with Gasteiger partial charge >= 0.3 is 0 Å². The zero-order chi connectivity index (χ0) is 11.9. The van der Waals surface area contributed by atoms with Gasteiger partial charge in [0, 0.05) is 10.0 Å². The Balaban J connectivity index is 2.44. The fourth-order valence-electron chi connectivity index (χ4n) is 1.53. The Morgan fingerprint density at radius 2 is 1.69 bits per heavy atom. The van der Waals surface area contributed by atoms with E-state index in [-0.39, 0.29) is 12.3 Å². The number of halogens is 3. The fourth-order valence-corrected chi connectivity index (χ4v) is 2.28. The van der Waals surface area contributed by atoms with Gasteiger partial charge in [0.15, 0.2) is 0 Å².